The quantitative estimate of drug-likeness (QED) is 0.412. The van der Waals surface area contributed by atoms with Gasteiger partial charge in [0.25, 0.3) is 0 Å². The smallest absolute Gasteiger partial charge is 0.339 e. The van der Waals surface area contributed by atoms with Gasteiger partial charge in [0.1, 0.15) is 0 Å². The van der Waals surface area contributed by atoms with E-state index >= 15 is 0 Å². The predicted molar refractivity (Wildman–Crippen MR) is 81.5 cm³/mol. The van der Waals surface area contributed by atoms with Gasteiger partial charge in [-0.15, -0.1) is 0 Å². The van der Waals surface area contributed by atoms with Crippen LogP contribution >= 0.6 is 11.8 Å². The minimum atomic E-state index is -0.677. The number of esters is 1. The van der Waals surface area contributed by atoms with E-state index in [2.05, 4.69) is 14.7 Å². The third-order valence-electron chi connectivity index (χ3n) is 3.04. The van der Waals surface area contributed by atoms with Gasteiger partial charge >= 0.3 is 11.7 Å². The second kappa shape index (κ2) is 6.05. The molecule has 8 nitrogen and oxygen atoms in total. The van der Waals surface area contributed by atoms with Crippen molar-refractivity contribution in [3.63, 3.8) is 0 Å². The van der Waals surface area contributed by atoms with E-state index < -0.39 is 10.9 Å². The van der Waals surface area contributed by atoms with Crippen molar-refractivity contribution in [3.8, 4) is 0 Å². The average Bonchev–Trinajstić information content (AvgIpc) is 2.97. The summed E-state index contributed by atoms with van der Waals surface area (Å²) in [4.78, 5) is 30.4. The van der Waals surface area contributed by atoms with Gasteiger partial charge in [0.15, 0.2) is 10.2 Å². The van der Waals surface area contributed by atoms with Crippen LogP contribution in [0.2, 0.25) is 0 Å². The van der Waals surface area contributed by atoms with Crippen molar-refractivity contribution in [1.29, 1.82) is 0 Å². The number of fused-ring (bicyclic) bond motifs is 1. The van der Waals surface area contributed by atoms with Gasteiger partial charge in [-0.05, 0) is 23.9 Å². The zero-order valence-electron chi connectivity index (χ0n) is 11.9. The molecule has 0 aliphatic rings. The topological polar surface area (TPSA) is 99.6 Å². The van der Waals surface area contributed by atoms with Crippen LogP contribution in [0.5, 0.6) is 0 Å². The lowest BCUT2D eigenvalue weighted by Gasteiger charge is -2.04. The molecule has 3 aromatic rings. The van der Waals surface area contributed by atoms with E-state index in [0.717, 1.165) is 23.3 Å². The maximum absolute atomic E-state index is 11.5. The van der Waals surface area contributed by atoms with Crippen molar-refractivity contribution in [2.24, 2.45) is 0 Å². The summed E-state index contributed by atoms with van der Waals surface area (Å²) in [7, 11) is 1.20. The lowest BCUT2D eigenvalue weighted by atomic mass is 10.3. The van der Waals surface area contributed by atoms with E-state index in [1.807, 2.05) is 18.2 Å². The maximum Gasteiger partial charge on any atom is 0.339 e. The average molecular weight is 330 g/mol. The van der Waals surface area contributed by atoms with Crippen molar-refractivity contribution in [3.05, 3.63) is 58.5 Å². The lowest BCUT2D eigenvalue weighted by molar-refractivity contribution is -0.388. The third-order valence-corrected chi connectivity index (χ3v) is 4.04. The molecule has 0 aromatic carbocycles. The largest absolute Gasteiger partial charge is 0.465 e. The van der Waals surface area contributed by atoms with Gasteiger partial charge in [-0.3, -0.25) is 14.5 Å². The number of carbonyl (C=O) groups excluding carboxylic acids is 1. The van der Waals surface area contributed by atoms with Crippen LogP contribution in [0.1, 0.15) is 10.4 Å². The first-order chi connectivity index (χ1) is 11.1. The highest BCUT2D eigenvalue weighted by Gasteiger charge is 2.21. The van der Waals surface area contributed by atoms with Crippen molar-refractivity contribution >= 4 is 28.9 Å². The van der Waals surface area contributed by atoms with Gasteiger partial charge in [0, 0.05) is 18.5 Å². The number of hydrogen-bond acceptors (Lipinski definition) is 7. The second-order valence-electron chi connectivity index (χ2n) is 4.44. The van der Waals surface area contributed by atoms with Crippen LogP contribution in [0.3, 0.4) is 0 Å². The van der Waals surface area contributed by atoms with Gasteiger partial charge in [0.2, 0.25) is 0 Å². The van der Waals surface area contributed by atoms with Gasteiger partial charge in [-0.1, -0.05) is 6.07 Å². The zero-order chi connectivity index (χ0) is 16.4. The minimum absolute atomic E-state index is 0.0246. The Balaban J connectivity index is 2.02. The molecule has 0 saturated carbocycles. The number of hydrogen-bond donors (Lipinski definition) is 0. The monoisotopic (exact) mass is 330 g/mol. The highest BCUT2D eigenvalue weighted by atomic mass is 32.2. The van der Waals surface area contributed by atoms with Crippen molar-refractivity contribution in [2.75, 3.05) is 7.11 Å². The normalized spacial score (nSPS) is 10.7. The van der Waals surface area contributed by atoms with Crippen LogP contribution < -0.4 is 0 Å². The standard InChI is InChI=1S/C14H10N4O4S/c1-22-13(19)9-6-11(18(20)21)12(15-7-9)23-14-16-8-10-4-2-3-5-17(10)14/h2-8H,1H3. The Hall–Kier alpha value is -2.94. The van der Waals surface area contributed by atoms with Gasteiger partial charge < -0.3 is 4.74 Å². The molecule has 0 atom stereocenters. The van der Waals surface area contributed by atoms with Crippen LogP contribution in [-0.2, 0) is 4.74 Å². The molecule has 0 unspecified atom stereocenters. The first-order valence-corrected chi connectivity index (χ1v) is 7.24. The summed E-state index contributed by atoms with van der Waals surface area (Å²) in [5.74, 6) is -0.677. The summed E-state index contributed by atoms with van der Waals surface area (Å²) < 4.78 is 6.35. The molecule has 0 fully saturated rings. The van der Waals surface area contributed by atoms with Gasteiger partial charge in [-0.2, -0.15) is 0 Å². The first kappa shape index (κ1) is 15.0. The molecule has 0 bridgehead atoms. The molecule has 9 heteroatoms. The third kappa shape index (κ3) is 2.86. The molecule has 0 aliphatic carbocycles. The van der Waals surface area contributed by atoms with Gasteiger partial charge in [-0.25, -0.2) is 14.8 Å². The zero-order valence-corrected chi connectivity index (χ0v) is 12.7. The number of rotatable bonds is 4. The lowest BCUT2D eigenvalue weighted by Crippen LogP contribution is -2.04. The van der Waals surface area contributed by atoms with E-state index in [1.54, 1.807) is 16.8 Å². The Bertz CT molecular complexity index is 909. The molecular weight excluding hydrogens is 320 g/mol. The molecule has 0 N–H and O–H groups in total. The molecule has 0 spiro atoms. The van der Waals surface area contributed by atoms with Crippen LogP contribution in [0, 0.1) is 10.1 Å². The molecule has 0 amide bonds. The molecular formula is C14H10N4O4S. The van der Waals surface area contributed by atoms with E-state index in [1.165, 1.54) is 13.3 Å². The van der Waals surface area contributed by atoms with Crippen molar-refractivity contribution in [2.45, 2.75) is 10.2 Å². The molecule has 116 valence electrons. The highest BCUT2D eigenvalue weighted by Crippen LogP contribution is 2.33. The second-order valence-corrected chi connectivity index (χ2v) is 5.39. The maximum atomic E-state index is 11.5. The van der Waals surface area contributed by atoms with Crippen LogP contribution in [0.25, 0.3) is 5.52 Å². The summed E-state index contributed by atoms with van der Waals surface area (Å²) in [6.07, 6.45) is 4.72. The van der Waals surface area contributed by atoms with E-state index in [4.69, 9.17) is 0 Å². The Morgan fingerprint density at radius 3 is 2.91 bits per heavy atom. The van der Waals surface area contributed by atoms with E-state index in [0.29, 0.717) is 5.16 Å². The molecule has 3 aromatic heterocycles. The summed E-state index contributed by atoms with van der Waals surface area (Å²) in [6.45, 7) is 0. The van der Waals surface area contributed by atoms with Gasteiger partial charge in [0.05, 0.1) is 29.3 Å². The number of aromatic nitrogens is 3. The van der Waals surface area contributed by atoms with Crippen molar-refractivity contribution < 1.29 is 14.5 Å². The molecule has 23 heavy (non-hydrogen) atoms. The number of methoxy groups -OCH3 is 1. The fourth-order valence-corrected chi connectivity index (χ4v) is 2.85. The summed E-state index contributed by atoms with van der Waals surface area (Å²) in [6, 6.07) is 6.73. The number of nitrogens with zero attached hydrogens (tertiary/aromatic N) is 4. The Kier molecular flexibility index (Phi) is 3.94. The SMILES string of the molecule is COC(=O)c1cnc(Sc2ncc3ccccn23)c([N+](=O)[O-])c1. The number of imidazole rings is 1. The Labute approximate surface area is 134 Å². The molecule has 0 radical (unpaired) electrons. The molecule has 0 aliphatic heterocycles. The fraction of sp³-hybridized carbons (Fsp3) is 0.0714. The summed E-state index contributed by atoms with van der Waals surface area (Å²) >= 11 is 1.05. The van der Waals surface area contributed by atoms with E-state index in [9.17, 15) is 14.9 Å². The summed E-state index contributed by atoms with van der Waals surface area (Å²) in [5.41, 5.74) is 0.617. The Morgan fingerprint density at radius 2 is 2.17 bits per heavy atom. The summed E-state index contributed by atoms with van der Waals surface area (Å²) in [5, 5.41) is 11.9. The number of carbonyl (C=O) groups is 1. The van der Waals surface area contributed by atoms with Crippen LogP contribution in [-0.4, -0.2) is 32.4 Å². The molecule has 3 heterocycles. The Morgan fingerprint density at radius 1 is 1.35 bits per heavy atom. The number of nitro groups is 1. The number of ether oxygens (including phenoxy) is 1. The minimum Gasteiger partial charge on any atom is -0.465 e. The molecule has 3 rings (SSSR count). The van der Waals surface area contributed by atoms with Crippen molar-refractivity contribution in [1.82, 2.24) is 14.4 Å². The number of pyridine rings is 2. The first-order valence-electron chi connectivity index (χ1n) is 6.43. The van der Waals surface area contributed by atoms with E-state index in [-0.39, 0.29) is 16.3 Å². The van der Waals surface area contributed by atoms with Crippen LogP contribution in [0.4, 0.5) is 5.69 Å². The fourth-order valence-electron chi connectivity index (χ4n) is 1.96. The predicted octanol–water partition coefficient (Wildman–Crippen LogP) is 2.58. The van der Waals surface area contributed by atoms with Crippen LogP contribution in [0.15, 0.2) is 53.0 Å². The highest BCUT2D eigenvalue weighted by molar-refractivity contribution is 7.99. The molecule has 0 saturated heterocycles.